The summed E-state index contributed by atoms with van der Waals surface area (Å²) in [5, 5.41) is 0. The Bertz CT molecular complexity index is 414. The quantitative estimate of drug-likeness (QED) is 0.785. The highest BCUT2D eigenvalue weighted by molar-refractivity contribution is 5.58. The molecule has 0 saturated heterocycles. The minimum Gasteiger partial charge on any atom is -0.464 e. The molecule has 0 fully saturated rings. The maximum atomic E-state index is 5.51. The zero-order valence-corrected chi connectivity index (χ0v) is 8.16. The van der Waals surface area contributed by atoms with Crippen molar-refractivity contribution in [2.24, 2.45) is 5.73 Å². The summed E-state index contributed by atoms with van der Waals surface area (Å²) in [7, 11) is 0. The molecule has 14 heavy (non-hydrogen) atoms. The van der Waals surface area contributed by atoms with E-state index in [1.165, 1.54) is 5.56 Å². The van der Waals surface area contributed by atoms with Crippen LogP contribution in [0.2, 0.25) is 0 Å². The van der Waals surface area contributed by atoms with Gasteiger partial charge in [-0.05, 0) is 13.0 Å². The lowest BCUT2D eigenvalue weighted by Gasteiger charge is -1.96. The summed E-state index contributed by atoms with van der Waals surface area (Å²) in [4.78, 5) is 0. The highest BCUT2D eigenvalue weighted by atomic mass is 16.3. The molecule has 0 atom stereocenters. The van der Waals surface area contributed by atoms with Crippen molar-refractivity contribution >= 4 is 0 Å². The Morgan fingerprint density at radius 3 is 2.50 bits per heavy atom. The monoisotopic (exact) mass is 187 g/mol. The summed E-state index contributed by atoms with van der Waals surface area (Å²) in [6.07, 6.45) is 1.70. The van der Waals surface area contributed by atoms with Crippen LogP contribution in [0, 0.1) is 6.92 Å². The predicted molar refractivity (Wildman–Crippen MR) is 56.8 cm³/mol. The number of furan rings is 1. The van der Waals surface area contributed by atoms with Crippen molar-refractivity contribution in [3.63, 3.8) is 0 Å². The lowest BCUT2D eigenvalue weighted by Crippen LogP contribution is -1.92. The van der Waals surface area contributed by atoms with Crippen molar-refractivity contribution in [3.8, 4) is 11.3 Å². The van der Waals surface area contributed by atoms with E-state index in [-0.39, 0.29) is 0 Å². The molecule has 72 valence electrons. The highest BCUT2D eigenvalue weighted by Crippen LogP contribution is 2.22. The summed E-state index contributed by atoms with van der Waals surface area (Å²) in [5.41, 5.74) is 8.88. The molecule has 2 N–H and O–H groups in total. The van der Waals surface area contributed by atoms with Crippen LogP contribution in [0.5, 0.6) is 0 Å². The van der Waals surface area contributed by atoms with Gasteiger partial charge in [-0.15, -0.1) is 0 Å². The smallest absolute Gasteiger partial charge is 0.134 e. The van der Waals surface area contributed by atoms with Gasteiger partial charge in [0.1, 0.15) is 5.76 Å². The molecule has 0 radical (unpaired) electrons. The molecule has 0 amide bonds. The number of hydrogen-bond donors (Lipinski definition) is 1. The van der Waals surface area contributed by atoms with Gasteiger partial charge in [-0.2, -0.15) is 0 Å². The summed E-state index contributed by atoms with van der Waals surface area (Å²) >= 11 is 0. The number of aryl methyl sites for hydroxylation is 1. The Morgan fingerprint density at radius 1 is 1.21 bits per heavy atom. The Hall–Kier alpha value is -1.54. The van der Waals surface area contributed by atoms with Crippen LogP contribution in [0.3, 0.4) is 0 Å². The normalized spacial score (nSPS) is 10.4. The first-order chi connectivity index (χ1) is 6.79. The van der Waals surface area contributed by atoms with Crippen molar-refractivity contribution in [2.75, 3.05) is 0 Å². The van der Waals surface area contributed by atoms with Gasteiger partial charge < -0.3 is 10.2 Å². The fourth-order valence-corrected chi connectivity index (χ4v) is 1.35. The van der Waals surface area contributed by atoms with Crippen molar-refractivity contribution in [1.82, 2.24) is 0 Å². The van der Waals surface area contributed by atoms with E-state index in [1.807, 2.05) is 6.07 Å². The maximum Gasteiger partial charge on any atom is 0.134 e. The lowest BCUT2D eigenvalue weighted by molar-refractivity contribution is 0.578. The van der Waals surface area contributed by atoms with Gasteiger partial charge in [0.05, 0.1) is 6.26 Å². The van der Waals surface area contributed by atoms with E-state index in [1.54, 1.807) is 6.26 Å². The summed E-state index contributed by atoms with van der Waals surface area (Å²) in [6, 6.07) is 10.2. The molecule has 1 heterocycles. The van der Waals surface area contributed by atoms with Gasteiger partial charge in [-0.3, -0.25) is 0 Å². The van der Waals surface area contributed by atoms with E-state index >= 15 is 0 Å². The first kappa shape index (κ1) is 9.03. The van der Waals surface area contributed by atoms with E-state index in [4.69, 9.17) is 10.2 Å². The average molecular weight is 187 g/mol. The van der Waals surface area contributed by atoms with Crippen molar-refractivity contribution in [3.05, 3.63) is 47.7 Å². The molecule has 0 aliphatic rings. The zero-order chi connectivity index (χ0) is 9.97. The fraction of sp³-hybridized carbons (Fsp3) is 0.167. The van der Waals surface area contributed by atoms with Crippen molar-refractivity contribution < 1.29 is 4.42 Å². The first-order valence-electron chi connectivity index (χ1n) is 4.64. The average Bonchev–Trinajstić information content (AvgIpc) is 2.67. The van der Waals surface area contributed by atoms with Crippen LogP contribution in [-0.4, -0.2) is 0 Å². The molecule has 2 aromatic rings. The molecule has 0 aliphatic carbocycles. The summed E-state index contributed by atoms with van der Waals surface area (Å²) in [6.45, 7) is 2.59. The summed E-state index contributed by atoms with van der Waals surface area (Å²) in [5.74, 6) is 0.880. The van der Waals surface area contributed by atoms with Gasteiger partial charge in [-0.25, -0.2) is 0 Å². The maximum absolute atomic E-state index is 5.51. The first-order valence-corrected chi connectivity index (χ1v) is 4.64. The second kappa shape index (κ2) is 3.68. The van der Waals surface area contributed by atoms with E-state index in [2.05, 4.69) is 31.2 Å². The van der Waals surface area contributed by atoms with Crippen LogP contribution in [0.4, 0.5) is 0 Å². The number of nitrogens with two attached hydrogens (primary N) is 1. The molecule has 0 spiro atoms. The van der Waals surface area contributed by atoms with Gasteiger partial charge in [0.15, 0.2) is 0 Å². The summed E-state index contributed by atoms with van der Waals surface area (Å²) < 4.78 is 5.40. The Labute approximate surface area is 83.4 Å². The Balaban J connectivity index is 2.34. The van der Waals surface area contributed by atoms with Gasteiger partial charge in [0.25, 0.3) is 0 Å². The van der Waals surface area contributed by atoms with Crippen LogP contribution in [0.25, 0.3) is 11.3 Å². The third-order valence-electron chi connectivity index (χ3n) is 2.23. The molecule has 0 bridgehead atoms. The van der Waals surface area contributed by atoms with E-state index in [0.29, 0.717) is 6.54 Å². The Kier molecular flexibility index (Phi) is 2.37. The fourth-order valence-electron chi connectivity index (χ4n) is 1.35. The third-order valence-corrected chi connectivity index (χ3v) is 2.23. The van der Waals surface area contributed by atoms with E-state index < -0.39 is 0 Å². The standard InChI is InChI=1S/C12H13NO/c1-9-2-4-11(5-3-9)12-6-10(7-13)8-14-12/h2-6,8H,7,13H2,1H3. The number of benzene rings is 1. The molecule has 0 aliphatic heterocycles. The molecule has 1 aromatic carbocycles. The molecule has 0 unspecified atom stereocenters. The van der Waals surface area contributed by atoms with Crippen molar-refractivity contribution in [1.29, 1.82) is 0 Å². The minimum absolute atomic E-state index is 0.523. The second-order valence-corrected chi connectivity index (χ2v) is 3.39. The Morgan fingerprint density at radius 2 is 1.93 bits per heavy atom. The molecular weight excluding hydrogens is 174 g/mol. The molecular formula is C12H13NO. The molecule has 2 heteroatoms. The number of hydrogen-bond acceptors (Lipinski definition) is 2. The minimum atomic E-state index is 0.523. The molecule has 2 nitrogen and oxygen atoms in total. The SMILES string of the molecule is Cc1ccc(-c2cc(CN)co2)cc1. The van der Waals surface area contributed by atoms with Crippen LogP contribution < -0.4 is 5.73 Å². The van der Waals surface area contributed by atoms with Crippen LogP contribution in [0.1, 0.15) is 11.1 Å². The van der Waals surface area contributed by atoms with Crippen molar-refractivity contribution in [2.45, 2.75) is 13.5 Å². The predicted octanol–water partition coefficient (Wildman–Crippen LogP) is 2.71. The van der Waals surface area contributed by atoms with Gasteiger partial charge in [0.2, 0.25) is 0 Å². The second-order valence-electron chi connectivity index (χ2n) is 3.39. The van der Waals surface area contributed by atoms with Crippen LogP contribution >= 0.6 is 0 Å². The third kappa shape index (κ3) is 1.70. The largest absolute Gasteiger partial charge is 0.464 e. The lowest BCUT2D eigenvalue weighted by atomic mass is 10.1. The van der Waals surface area contributed by atoms with E-state index in [9.17, 15) is 0 Å². The van der Waals surface area contributed by atoms with Gasteiger partial charge >= 0.3 is 0 Å². The van der Waals surface area contributed by atoms with E-state index in [0.717, 1.165) is 16.9 Å². The van der Waals surface area contributed by atoms with Gasteiger partial charge in [-0.1, -0.05) is 29.8 Å². The van der Waals surface area contributed by atoms with Gasteiger partial charge in [0, 0.05) is 17.7 Å². The molecule has 0 saturated carbocycles. The van der Waals surface area contributed by atoms with Crippen LogP contribution in [-0.2, 0) is 6.54 Å². The molecule has 2 rings (SSSR count). The molecule has 1 aromatic heterocycles. The highest BCUT2D eigenvalue weighted by Gasteiger charge is 2.02. The topological polar surface area (TPSA) is 39.2 Å². The zero-order valence-electron chi connectivity index (χ0n) is 8.16. The number of rotatable bonds is 2. The van der Waals surface area contributed by atoms with Crippen LogP contribution in [0.15, 0.2) is 41.0 Å².